The fraction of sp³-hybridized carbons (Fsp3) is 0.550. The molecule has 0 radical (unpaired) electrons. The zero-order chi connectivity index (χ0) is 20.0. The Morgan fingerprint density at radius 3 is 2.71 bits per heavy atom. The Hall–Kier alpha value is -1.90. The summed E-state index contributed by atoms with van der Waals surface area (Å²) in [5.41, 5.74) is 1.24. The van der Waals surface area contributed by atoms with Crippen molar-refractivity contribution in [3.63, 3.8) is 0 Å². The van der Waals surface area contributed by atoms with Gasteiger partial charge in [0.05, 0.1) is 6.26 Å². The van der Waals surface area contributed by atoms with Crippen LogP contribution in [0.5, 0.6) is 5.75 Å². The molecule has 1 aliphatic rings. The number of likely N-dealkylation sites (tertiary alicyclic amines) is 1. The lowest BCUT2D eigenvalue weighted by Gasteiger charge is -2.36. The Morgan fingerprint density at radius 1 is 1.25 bits per heavy atom. The van der Waals surface area contributed by atoms with Crippen molar-refractivity contribution in [2.24, 2.45) is 7.05 Å². The number of ether oxygens (including phenoxy) is 1. The zero-order valence-corrected chi connectivity index (χ0v) is 17.5. The predicted octanol–water partition coefficient (Wildman–Crippen LogP) is 2.29. The molecular weight excluding hydrogens is 376 g/mol. The zero-order valence-electron chi connectivity index (χ0n) is 16.7. The summed E-state index contributed by atoms with van der Waals surface area (Å²) < 4.78 is 32.9. The van der Waals surface area contributed by atoms with E-state index in [0.29, 0.717) is 19.2 Å². The highest BCUT2D eigenvalue weighted by Gasteiger charge is 2.22. The molecule has 0 saturated carbocycles. The molecular formula is C20H30N4O3S. The monoisotopic (exact) mass is 406 g/mol. The van der Waals surface area contributed by atoms with Crippen molar-refractivity contribution in [3.05, 3.63) is 48.0 Å². The van der Waals surface area contributed by atoms with E-state index in [1.54, 1.807) is 6.20 Å². The lowest BCUT2D eigenvalue weighted by atomic mass is 9.98. The largest absolute Gasteiger partial charge is 0.486 e. The van der Waals surface area contributed by atoms with Gasteiger partial charge in [-0.25, -0.2) is 18.1 Å². The molecule has 1 fully saturated rings. The number of nitrogens with zero attached hydrogens (tertiary/aromatic N) is 3. The third-order valence-corrected chi connectivity index (χ3v) is 5.92. The number of imidazole rings is 1. The molecule has 1 saturated heterocycles. The summed E-state index contributed by atoms with van der Waals surface area (Å²) in [6.45, 7) is 2.88. The first kappa shape index (κ1) is 20.8. The van der Waals surface area contributed by atoms with Crippen molar-refractivity contribution >= 4 is 10.0 Å². The minimum atomic E-state index is -3.12. The van der Waals surface area contributed by atoms with Gasteiger partial charge in [0, 0.05) is 38.6 Å². The molecule has 2 heterocycles. The molecule has 0 spiro atoms. The molecule has 1 aromatic heterocycles. The number of aromatic nitrogens is 2. The van der Waals surface area contributed by atoms with Crippen LogP contribution in [0.3, 0.4) is 0 Å². The molecule has 28 heavy (non-hydrogen) atoms. The summed E-state index contributed by atoms with van der Waals surface area (Å²) in [5, 5.41) is 0. The highest BCUT2D eigenvalue weighted by molar-refractivity contribution is 7.88. The van der Waals surface area contributed by atoms with E-state index in [-0.39, 0.29) is 0 Å². The fourth-order valence-corrected chi connectivity index (χ4v) is 4.10. The first-order chi connectivity index (χ1) is 13.4. The van der Waals surface area contributed by atoms with Crippen LogP contribution >= 0.6 is 0 Å². The van der Waals surface area contributed by atoms with Gasteiger partial charge in [0.2, 0.25) is 10.0 Å². The molecule has 1 N–H and O–H groups in total. The Balaban J connectivity index is 1.52. The Bertz CT molecular complexity index is 849. The second kappa shape index (κ2) is 9.54. The molecule has 0 bridgehead atoms. The Labute approximate surface area is 167 Å². The van der Waals surface area contributed by atoms with Crippen molar-refractivity contribution in [1.29, 1.82) is 0 Å². The average molecular weight is 407 g/mol. The van der Waals surface area contributed by atoms with Crippen molar-refractivity contribution in [3.8, 4) is 5.75 Å². The number of piperidine rings is 1. The van der Waals surface area contributed by atoms with Gasteiger partial charge >= 0.3 is 0 Å². The maximum atomic E-state index is 11.3. The summed E-state index contributed by atoms with van der Waals surface area (Å²) in [6, 6.07) is 8.63. The summed E-state index contributed by atoms with van der Waals surface area (Å²) >= 11 is 0. The van der Waals surface area contributed by atoms with Gasteiger partial charge < -0.3 is 9.30 Å². The molecule has 1 unspecified atom stereocenters. The smallest absolute Gasteiger partial charge is 0.208 e. The molecule has 1 atom stereocenters. The number of benzene rings is 1. The quantitative estimate of drug-likeness (QED) is 0.691. The molecule has 1 aliphatic heterocycles. The van der Waals surface area contributed by atoms with Crippen LogP contribution in [0.25, 0.3) is 0 Å². The SMILES string of the molecule is Cn1ccnc1COc1ccc(CN2CCCCC2CCNS(C)(=O)=O)cc1. The van der Waals surface area contributed by atoms with Gasteiger partial charge in [-0.2, -0.15) is 0 Å². The predicted molar refractivity (Wildman–Crippen MR) is 109 cm³/mol. The van der Waals surface area contributed by atoms with Gasteiger partial charge in [-0.3, -0.25) is 4.90 Å². The number of aryl methyl sites for hydroxylation is 1. The van der Waals surface area contributed by atoms with Crippen LogP contribution in [-0.2, 0) is 30.2 Å². The number of nitrogens with one attached hydrogen (secondary N) is 1. The molecule has 0 aliphatic carbocycles. The summed E-state index contributed by atoms with van der Waals surface area (Å²) in [4.78, 5) is 6.73. The van der Waals surface area contributed by atoms with Crippen LogP contribution in [0, 0.1) is 0 Å². The van der Waals surface area contributed by atoms with Crippen molar-refractivity contribution < 1.29 is 13.2 Å². The first-order valence-corrected chi connectivity index (χ1v) is 11.7. The van der Waals surface area contributed by atoms with Crippen molar-refractivity contribution in [2.75, 3.05) is 19.3 Å². The van der Waals surface area contributed by atoms with E-state index in [9.17, 15) is 8.42 Å². The lowest BCUT2D eigenvalue weighted by Crippen LogP contribution is -2.41. The van der Waals surface area contributed by atoms with Crippen LogP contribution < -0.4 is 9.46 Å². The Morgan fingerprint density at radius 2 is 2.04 bits per heavy atom. The van der Waals surface area contributed by atoms with Gasteiger partial charge in [0.1, 0.15) is 18.2 Å². The maximum absolute atomic E-state index is 11.3. The van der Waals surface area contributed by atoms with E-state index in [1.807, 2.05) is 29.9 Å². The summed E-state index contributed by atoms with van der Waals surface area (Å²) in [5.74, 6) is 1.72. The second-order valence-corrected chi connectivity index (χ2v) is 9.30. The second-order valence-electron chi connectivity index (χ2n) is 7.46. The standard InChI is InChI=1S/C20H30N4O3S/c1-23-14-12-21-20(23)16-27-19-8-6-17(7-9-19)15-24-13-4-3-5-18(24)10-11-22-28(2,25)26/h6-9,12,14,18,22H,3-5,10-11,13,15-16H2,1-2H3. The van der Waals surface area contributed by atoms with Gasteiger partial charge in [-0.05, 0) is 43.5 Å². The minimum Gasteiger partial charge on any atom is -0.486 e. The fourth-order valence-electron chi connectivity index (χ4n) is 3.62. The van der Waals surface area contributed by atoms with E-state index >= 15 is 0 Å². The van der Waals surface area contributed by atoms with Crippen LogP contribution in [0.2, 0.25) is 0 Å². The van der Waals surface area contributed by atoms with Crippen LogP contribution in [0.15, 0.2) is 36.7 Å². The Kier molecular flexibility index (Phi) is 7.09. The van der Waals surface area contributed by atoms with Crippen LogP contribution in [-0.4, -0.2) is 48.3 Å². The van der Waals surface area contributed by atoms with E-state index in [1.165, 1.54) is 24.7 Å². The maximum Gasteiger partial charge on any atom is 0.208 e. The number of hydrogen-bond donors (Lipinski definition) is 1. The first-order valence-electron chi connectivity index (χ1n) is 9.77. The van der Waals surface area contributed by atoms with Gasteiger partial charge in [-0.1, -0.05) is 18.6 Å². The summed E-state index contributed by atoms with van der Waals surface area (Å²) in [7, 11) is -1.17. The van der Waals surface area contributed by atoms with Gasteiger partial charge in [-0.15, -0.1) is 0 Å². The topological polar surface area (TPSA) is 76.5 Å². The van der Waals surface area contributed by atoms with Crippen LogP contribution in [0.4, 0.5) is 0 Å². The average Bonchev–Trinajstić information content (AvgIpc) is 3.06. The minimum absolute atomic E-state index is 0.419. The number of hydrogen-bond acceptors (Lipinski definition) is 5. The van der Waals surface area contributed by atoms with Gasteiger partial charge in [0.15, 0.2) is 0 Å². The van der Waals surface area contributed by atoms with Crippen molar-refractivity contribution in [1.82, 2.24) is 19.2 Å². The molecule has 0 amide bonds. The molecule has 7 nitrogen and oxygen atoms in total. The van der Waals surface area contributed by atoms with E-state index < -0.39 is 10.0 Å². The normalized spacial score (nSPS) is 18.3. The third-order valence-electron chi connectivity index (χ3n) is 5.19. The molecule has 154 valence electrons. The van der Waals surface area contributed by atoms with Gasteiger partial charge in [0.25, 0.3) is 0 Å². The number of sulfonamides is 1. The molecule has 1 aromatic carbocycles. The van der Waals surface area contributed by atoms with E-state index in [4.69, 9.17) is 4.74 Å². The highest BCUT2D eigenvalue weighted by Crippen LogP contribution is 2.23. The molecule has 3 rings (SSSR count). The summed E-state index contributed by atoms with van der Waals surface area (Å²) in [6.07, 6.45) is 9.25. The highest BCUT2D eigenvalue weighted by atomic mass is 32.2. The lowest BCUT2D eigenvalue weighted by molar-refractivity contribution is 0.133. The third kappa shape index (κ3) is 6.32. The molecule has 2 aromatic rings. The van der Waals surface area contributed by atoms with Crippen molar-refractivity contribution in [2.45, 2.75) is 44.9 Å². The number of rotatable bonds is 9. The molecule has 8 heteroatoms. The van der Waals surface area contributed by atoms with E-state index in [2.05, 4.69) is 26.7 Å². The van der Waals surface area contributed by atoms with E-state index in [0.717, 1.165) is 37.5 Å². The van der Waals surface area contributed by atoms with Crippen LogP contribution in [0.1, 0.15) is 37.1 Å².